The first-order chi connectivity index (χ1) is 29.9. The molecule has 1 saturated heterocycles. The highest BCUT2D eigenvalue weighted by Gasteiger charge is 2.71. The number of nitrogens with one attached hydrogen (secondary N) is 2. The number of hydrogen-bond donors (Lipinski definition) is 8. The fourth-order valence-corrected chi connectivity index (χ4v) is 14.3. The van der Waals surface area contributed by atoms with Crippen molar-refractivity contribution in [3.05, 3.63) is 23.5 Å². The molecule has 0 bridgehead atoms. The van der Waals surface area contributed by atoms with Gasteiger partial charge in [0.2, 0.25) is 11.8 Å². The van der Waals surface area contributed by atoms with Crippen molar-refractivity contribution in [3.8, 4) is 0 Å². The molecule has 0 spiro atoms. The summed E-state index contributed by atoms with van der Waals surface area (Å²) < 4.78 is 18.2. The van der Waals surface area contributed by atoms with Crippen LogP contribution in [0, 0.1) is 50.2 Å². The largest absolute Gasteiger partial charge is 0.465 e. The first kappa shape index (κ1) is 48.9. The minimum Gasteiger partial charge on any atom is -0.465 e. The minimum absolute atomic E-state index is 0.0231. The van der Waals surface area contributed by atoms with E-state index in [4.69, 9.17) is 14.2 Å². The Morgan fingerprint density at radius 3 is 2.34 bits per heavy atom. The van der Waals surface area contributed by atoms with Gasteiger partial charge in [-0.25, -0.2) is 9.48 Å². The van der Waals surface area contributed by atoms with Crippen LogP contribution in [0.25, 0.3) is 0 Å². The molecule has 8 N–H and O–H groups in total. The molecule has 2 amide bonds. The van der Waals surface area contributed by atoms with Crippen molar-refractivity contribution in [3.63, 3.8) is 0 Å². The fraction of sp³-hybridized carbons (Fsp3) is 0.851. The average molecular weight is 902 g/mol. The van der Waals surface area contributed by atoms with Crippen LogP contribution in [0.5, 0.6) is 0 Å². The van der Waals surface area contributed by atoms with Gasteiger partial charge < -0.3 is 55.5 Å². The monoisotopic (exact) mass is 902 g/mol. The Kier molecular flexibility index (Phi) is 13.2. The van der Waals surface area contributed by atoms with Crippen LogP contribution in [0.1, 0.15) is 125 Å². The molecule has 0 aromatic carbocycles. The number of allylic oxidation sites excluding steroid dienone is 2. The van der Waals surface area contributed by atoms with Crippen molar-refractivity contribution >= 4 is 17.8 Å². The summed E-state index contributed by atoms with van der Waals surface area (Å²) in [5.74, 6) is -3.41. The van der Waals surface area contributed by atoms with Crippen molar-refractivity contribution in [1.82, 2.24) is 25.6 Å². The number of fused-ring (bicyclic) bond motifs is 7. The third-order valence-corrected chi connectivity index (χ3v) is 18.1. The maximum absolute atomic E-state index is 14.8. The molecule has 5 aliphatic carbocycles. The fourth-order valence-electron chi connectivity index (χ4n) is 14.3. The number of esters is 1. The van der Waals surface area contributed by atoms with Crippen LogP contribution in [-0.4, -0.2) is 132 Å². The zero-order chi connectivity index (χ0) is 47.0. The molecular weight excluding hydrogens is 827 g/mol. The van der Waals surface area contributed by atoms with Crippen LogP contribution >= 0.6 is 0 Å². The SMILES string of the molecule is COC(=O)[C@@]1(OCCn2cc(CNC(=O)[C@]34CCC(C)(C)C[C@@H]3C3=CC[C@@H]5[C@@]6(C)CC[C@H](O)C(C)(C)[C@@H]6CC[C@@]5(C)[C@]3(C)C[C@H]4O)nn2)C[C@H](O)[C@@H](NC(C)=O)[C@H]([C@H](O)[C@H](O)CO)O1. The van der Waals surface area contributed by atoms with Crippen LogP contribution in [0.15, 0.2) is 17.8 Å². The molecule has 360 valence electrons. The molecule has 1 aromatic heterocycles. The number of ether oxygens (including phenoxy) is 3. The number of aliphatic hydroxyl groups excluding tert-OH is 6. The van der Waals surface area contributed by atoms with Crippen LogP contribution in [0.4, 0.5) is 0 Å². The number of nitrogens with zero attached hydrogens (tertiary/aromatic N) is 3. The van der Waals surface area contributed by atoms with E-state index in [1.165, 1.54) is 17.2 Å². The van der Waals surface area contributed by atoms with Crippen molar-refractivity contribution in [2.45, 2.75) is 181 Å². The Labute approximate surface area is 377 Å². The quantitative estimate of drug-likeness (QED) is 0.111. The van der Waals surface area contributed by atoms with E-state index in [1.54, 1.807) is 6.20 Å². The third kappa shape index (κ3) is 7.84. The molecule has 6 aliphatic rings. The summed E-state index contributed by atoms with van der Waals surface area (Å²) in [4.78, 5) is 39.9. The first-order valence-electron chi connectivity index (χ1n) is 23.4. The van der Waals surface area contributed by atoms with E-state index < -0.39 is 72.7 Å². The second-order valence-corrected chi connectivity index (χ2v) is 22.4. The standard InChI is InChI=1S/C47H75N5O12/c1-26(54)49-36-30(55)21-47(40(61)62-9,64-38(36)37(59)31(56)25-53)63-19-18-52-24-27(50-51-52)23-48-39(60)46-17-16-41(2,3)20-29(46)28-10-11-33-43(6)14-13-34(57)42(4,5)32(43)12-15-44(33,7)45(28,8)22-35(46)58/h10,24,29-38,53,55-59H,11-23,25H2,1-9H3,(H,48,60)(H,49,54)/t29-,30+,31-,32+,33-,34+,35-,36-,37-,38-,43+,44-,45-,46-,47-/m1/s1. The summed E-state index contributed by atoms with van der Waals surface area (Å²) in [5, 5.41) is 79.4. The van der Waals surface area contributed by atoms with Gasteiger partial charge in [-0.15, -0.1) is 5.10 Å². The summed E-state index contributed by atoms with van der Waals surface area (Å²) in [6, 6.07) is -1.26. The van der Waals surface area contributed by atoms with Gasteiger partial charge in [-0.05, 0) is 103 Å². The molecule has 2 heterocycles. The molecule has 1 aromatic rings. The number of carbonyl (C=O) groups excluding carboxylic acids is 3. The summed E-state index contributed by atoms with van der Waals surface area (Å²) in [6.45, 7) is 16.5. The van der Waals surface area contributed by atoms with Crippen LogP contribution in [0.3, 0.4) is 0 Å². The lowest BCUT2D eigenvalue weighted by atomic mass is 9.33. The van der Waals surface area contributed by atoms with Crippen LogP contribution in [0.2, 0.25) is 0 Å². The Hall–Kier alpha value is -3.03. The molecular formula is C47H75N5O12. The lowest BCUT2D eigenvalue weighted by Gasteiger charge is -2.71. The number of methoxy groups -OCH3 is 1. The normalized spacial score (nSPS) is 42.0. The molecule has 17 heteroatoms. The molecule has 17 nitrogen and oxygen atoms in total. The van der Waals surface area contributed by atoms with Crippen molar-refractivity contribution < 1.29 is 59.2 Å². The van der Waals surface area contributed by atoms with Gasteiger partial charge in [0.1, 0.15) is 24.0 Å². The molecule has 64 heavy (non-hydrogen) atoms. The molecule has 5 fully saturated rings. The molecule has 4 saturated carbocycles. The first-order valence-corrected chi connectivity index (χ1v) is 23.4. The number of aliphatic hydroxyl groups is 6. The lowest BCUT2D eigenvalue weighted by molar-refractivity contribution is -0.312. The van der Waals surface area contributed by atoms with E-state index >= 15 is 0 Å². The maximum Gasteiger partial charge on any atom is 0.366 e. The predicted molar refractivity (Wildman–Crippen MR) is 231 cm³/mol. The average Bonchev–Trinajstić information content (AvgIpc) is 3.68. The molecule has 15 atom stereocenters. The van der Waals surface area contributed by atoms with Gasteiger partial charge in [-0.1, -0.05) is 65.3 Å². The summed E-state index contributed by atoms with van der Waals surface area (Å²) in [6.07, 6.45) is 3.20. The van der Waals surface area contributed by atoms with Gasteiger partial charge in [0.15, 0.2) is 0 Å². The van der Waals surface area contributed by atoms with E-state index in [1.807, 2.05) is 0 Å². The number of hydrogen-bond acceptors (Lipinski definition) is 14. The number of rotatable bonds is 12. The van der Waals surface area contributed by atoms with Gasteiger partial charge in [0.05, 0.1) is 69.4 Å². The van der Waals surface area contributed by atoms with Gasteiger partial charge >= 0.3 is 5.97 Å². The Bertz CT molecular complexity index is 1960. The van der Waals surface area contributed by atoms with E-state index in [-0.39, 0.29) is 64.7 Å². The minimum atomic E-state index is -2.26. The zero-order valence-electron chi connectivity index (χ0n) is 39.3. The van der Waals surface area contributed by atoms with E-state index in [2.05, 4.69) is 75.5 Å². The number of amides is 2. The van der Waals surface area contributed by atoms with Crippen LogP contribution < -0.4 is 10.6 Å². The van der Waals surface area contributed by atoms with Gasteiger partial charge in [0.25, 0.3) is 5.79 Å². The van der Waals surface area contributed by atoms with Gasteiger partial charge in [-0.3, -0.25) is 9.59 Å². The molecule has 0 radical (unpaired) electrons. The third-order valence-electron chi connectivity index (χ3n) is 18.1. The highest BCUT2D eigenvalue weighted by molar-refractivity contribution is 5.85. The Morgan fingerprint density at radius 2 is 1.67 bits per heavy atom. The molecule has 1 aliphatic heterocycles. The molecule has 0 unspecified atom stereocenters. The lowest BCUT2D eigenvalue weighted by Crippen LogP contribution is -2.68. The summed E-state index contributed by atoms with van der Waals surface area (Å²) in [7, 11) is 1.09. The summed E-state index contributed by atoms with van der Waals surface area (Å²) in [5.41, 5.74) is 0.232. The number of aromatic nitrogens is 3. The van der Waals surface area contributed by atoms with E-state index in [9.17, 15) is 45.0 Å². The van der Waals surface area contributed by atoms with Crippen LogP contribution in [-0.2, 0) is 41.7 Å². The Balaban J connectivity index is 1.06. The summed E-state index contributed by atoms with van der Waals surface area (Å²) >= 11 is 0. The maximum atomic E-state index is 14.8. The van der Waals surface area contributed by atoms with Crippen molar-refractivity contribution in [2.75, 3.05) is 20.3 Å². The topological polar surface area (TPSA) is 255 Å². The second-order valence-electron chi connectivity index (χ2n) is 22.4. The zero-order valence-corrected chi connectivity index (χ0v) is 39.3. The van der Waals surface area contributed by atoms with Crippen molar-refractivity contribution in [1.29, 1.82) is 0 Å². The van der Waals surface area contributed by atoms with Crippen molar-refractivity contribution in [2.24, 2.45) is 50.2 Å². The van der Waals surface area contributed by atoms with Gasteiger partial charge in [-0.2, -0.15) is 0 Å². The Morgan fingerprint density at radius 1 is 0.953 bits per heavy atom. The second kappa shape index (κ2) is 17.2. The van der Waals surface area contributed by atoms with Gasteiger partial charge in [0, 0.05) is 13.3 Å². The predicted octanol–water partition coefficient (Wildman–Crippen LogP) is 2.28. The highest BCUT2D eigenvalue weighted by atomic mass is 16.7. The number of carbonyl (C=O) groups is 3. The molecule has 7 rings (SSSR count). The highest BCUT2D eigenvalue weighted by Crippen LogP contribution is 2.75. The van der Waals surface area contributed by atoms with E-state index in [0.717, 1.165) is 52.1 Å². The smallest absolute Gasteiger partial charge is 0.366 e. The van der Waals surface area contributed by atoms with E-state index in [0.29, 0.717) is 30.4 Å².